The van der Waals surface area contributed by atoms with Crippen LogP contribution in [0.3, 0.4) is 0 Å². The Bertz CT molecular complexity index is 772. The highest BCUT2D eigenvalue weighted by molar-refractivity contribution is 9.10. The van der Waals surface area contributed by atoms with Crippen LogP contribution >= 0.6 is 15.9 Å². The summed E-state index contributed by atoms with van der Waals surface area (Å²) in [7, 11) is 1.58. The van der Waals surface area contributed by atoms with Gasteiger partial charge in [0.15, 0.2) is 17.1 Å². The van der Waals surface area contributed by atoms with Crippen molar-refractivity contribution in [2.75, 3.05) is 7.11 Å². The number of rotatable bonds is 3. The van der Waals surface area contributed by atoms with E-state index in [1.165, 1.54) is 0 Å². The number of hydrogen-bond acceptors (Lipinski definition) is 3. The molecular weight excluding hydrogens is 320 g/mol. The molecular formula is C16H11BrO3. The van der Waals surface area contributed by atoms with Crippen LogP contribution in [-0.2, 0) is 0 Å². The fraction of sp³-hybridized carbons (Fsp3) is 0.0625. The van der Waals surface area contributed by atoms with Gasteiger partial charge in [-0.2, -0.15) is 0 Å². The number of ether oxygens (including phenoxy) is 1. The minimum Gasteiger partial charge on any atom is -0.493 e. The Labute approximate surface area is 124 Å². The van der Waals surface area contributed by atoms with Crippen molar-refractivity contribution in [1.29, 1.82) is 0 Å². The minimum atomic E-state index is -0.143. The van der Waals surface area contributed by atoms with Gasteiger partial charge in [-0.15, -0.1) is 0 Å². The molecule has 0 unspecified atom stereocenters. The zero-order chi connectivity index (χ0) is 14.1. The Balaban J connectivity index is 2.06. The number of carbonyl (C=O) groups is 1. The van der Waals surface area contributed by atoms with Gasteiger partial charge >= 0.3 is 0 Å². The third-order valence-corrected chi connectivity index (χ3v) is 3.59. The monoisotopic (exact) mass is 330 g/mol. The molecule has 3 nitrogen and oxygen atoms in total. The van der Waals surface area contributed by atoms with Gasteiger partial charge in [0.25, 0.3) is 0 Å². The molecule has 0 saturated carbocycles. The molecule has 0 aliphatic rings. The van der Waals surface area contributed by atoms with Gasteiger partial charge in [-0.05, 0) is 36.4 Å². The second kappa shape index (κ2) is 5.13. The summed E-state index contributed by atoms with van der Waals surface area (Å²) < 4.78 is 11.8. The topological polar surface area (TPSA) is 39.4 Å². The van der Waals surface area contributed by atoms with E-state index in [0.29, 0.717) is 22.7 Å². The van der Waals surface area contributed by atoms with Crippen molar-refractivity contribution in [2.45, 2.75) is 0 Å². The molecule has 0 aliphatic carbocycles. The van der Waals surface area contributed by atoms with Crippen molar-refractivity contribution in [2.24, 2.45) is 0 Å². The van der Waals surface area contributed by atoms with Gasteiger partial charge in [0, 0.05) is 15.4 Å². The zero-order valence-corrected chi connectivity index (χ0v) is 12.3. The highest BCUT2D eigenvalue weighted by Gasteiger charge is 2.16. The molecule has 0 radical (unpaired) electrons. The predicted molar refractivity (Wildman–Crippen MR) is 80.3 cm³/mol. The van der Waals surface area contributed by atoms with Crippen molar-refractivity contribution in [3.05, 3.63) is 64.3 Å². The second-order valence-corrected chi connectivity index (χ2v) is 5.24. The average molecular weight is 331 g/mol. The lowest BCUT2D eigenvalue weighted by Crippen LogP contribution is -1.98. The molecule has 3 aromatic rings. The first kappa shape index (κ1) is 12.9. The molecule has 0 aliphatic heterocycles. The normalized spacial score (nSPS) is 10.7. The van der Waals surface area contributed by atoms with Crippen LogP contribution in [0.25, 0.3) is 11.0 Å². The van der Waals surface area contributed by atoms with Crippen molar-refractivity contribution >= 4 is 32.7 Å². The number of ketones is 1. The first-order valence-electron chi connectivity index (χ1n) is 6.06. The van der Waals surface area contributed by atoms with E-state index in [1.54, 1.807) is 31.4 Å². The van der Waals surface area contributed by atoms with Crippen LogP contribution in [0.2, 0.25) is 0 Å². The first-order valence-corrected chi connectivity index (χ1v) is 6.85. The van der Waals surface area contributed by atoms with Crippen LogP contribution in [0.4, 0.5) is 0 Å². The summed E-state index contributed by atoms with van der Waals surface area (Å²) in [5.41, 5.74) is 1.18. The number of para-hydroxylation sites is 1. The number of hydrogen-bond donors (Lipinski definition) is 0. The molecule has 0 N–H and O–H groups in total. The molecule has 2 aromatic carbocycles. The Kier molecular flexibility index (Phi) is 3.32. The van der Waals surface area contributed by atoms with Gasteiger partial charge < -0.3 is 9.15 Å². The van der Waals surface area contributed by atoms with Gasteiger partial charge in [-0.3, -0.25) is 4.79 Å². The Morgan fingerprint density at radius 3 is 2.60 bits per heavy atom. The first-order chi connectivity index (χ1) is 9.69. The van der Waals surface area contributed by atoms with Crippen molar-refractivity contribution in [3.8, 4) is 5.75 Å². The fourth-order valence-corrected chi connectivity index (χ4v) is 2.32. The number of halogens is 1. The molecule has 3 rings (SSSR count). The summed E-state index contributed by atoms with van der Waals surface area (Å²) in [6.07, 6.45) is 0. The van der Waals surface area contributed by atoms with Crippen molar-refractivity contribution < 1.29 is 13.9 Å². The van der Waals surface area contributed by atoms with Crippen LogP contribution in [0.5, 0.6) is 5.75 Å². The van der Waals surface area contributed by atoms with E-state index in [4.69, 9.17) is 9.15 Å². The number of carbonyl (C=O) groups excluding carboxylic acids is 1. The molecule has 0 spiro atoms. The average Bonchev–Trinajstić information content (AvgIpc) is 2.91. The Morgan fingerprint density at radius 2 is 1.90 bits per heavy atom. The van der Waals surface area contributed by atoms with E-state index >= 15 is 0 Å². The summed E-state index contributed by atoms with van der Waals surface area (Å²) in [6.45, 7) is 0. The van der Waals surface area contributed by atoms with Crippen LogP contribution in [0.15, 0.2) is 57.4 Å². The molecule has 1 heterocycles. The highest BCUT2D eigenvalue weighted by Crippen LogP contribution is 2.29. The largest absolute Gasteiger partial charge is 0.493 e. The van der Waals surface area contributed by atoms with E-state index in [2.05, 4.69) is 15.9 Å². The maximum absolute atomic E-state index is 12.4. The van der Waals surface area contributed by atoms with Crippen LogP contribution < -0.4 is 4.74 Å². The van der Waals surface area contributed by atoms with E-state index in [9.17, 15) is 4.79 Å². The maximum Gasteiger partial charge on any atom is 0.228 e. The number of fused-ring (bicyclic) bond motifs is 1. The highest BCUT2D eigenvalue weighted by atomic mass is 79.9. The summed E-state index contributed by atoms with van der Waals surface area (Å²) in [5, 5.41) is 0.852. The van der Waals surface area contributed by atoms with Gasteiger partial charge in [-0.1, -0.05) is 28.1 Å². The van der Waals surface area contributed by atoms with E-state index < -0.39 is 0 Å². The van der Waals surface area contributed by atoms with Gasteiger partial charge in [0.1, 0.15) is 0 Å². The summed E-state index contributed by atoms with van der Waals surface area (Å²) in [4.78, 5) is 12.4. The van der Waals surface area contributed by atoms with Gasteiger partial charge in [-0.25, -0.2) is 0 Å². The number of methoxy groups -OCH3 is 1. The van der Waals surface area contributed by atoms with E-state index in [1.807, 2.05) is 24.3 Å². The third-order valence-electron chi connectivity index (χ3n) is 3.06. The predicted octanol–water partition coefficient (Wildman–Crippen LogP) is 4.43. The lowest BCUT2D eigenvalue weighted by molar-refractivity contribution is 0.101. The number of furan rings is 1. The standard InChI is InChI=1S/C16H11BrO3/c1-19-13-4-2-3-11-9-14(20-16(11)13)15(18)10-5-7-12(17)8-6-10/h2-9H,1H3. The smallest absolute Gasteiger partial charge is 0.228 e. The second-order valence-electron chi connectivity index (χ2n) is 4.33. The molecule has 0 amide bonds. The van der Waals surface area contributed by atoms with Gasteiger partial charge in [0.2, 0.25) is 5.78 Å². The summed E-state index contributed by atoms with van der Waals surface area (Å²) in [6, 6.07) is 14.5. The minimum absolute atomic E-state index is 0.143. The maximum atomic E-state index is 12.4. The molecule has 0 bridgehead atoms. The van der Waals surface area contributed by atoms with Gasteiger partial charge in [0.05, 0.1) is 7.11 Å². The molecule has 20 heavy (non-hydrogen) atoms. The Morgan fingerprint density at radius 1 is 1.15 bits per heavy atom. The zero-order valence-electron chi connectivity index (χ0n) is 10.7. The van der Waals surface area contributed by atoms with Crippen LogP contribution in [0.1, 0.15) is 16.1 Å². The quantitative estimate of drug-likeness (QED) is 0.666. The van der Waals surface area contributed by atoms with E-state index in [0.717, 1.165) is 9.86 Å². The SMILES string of the molecule is COc1cccc2cc(C(=O)c3ccc(Br)cc3)oc12. The van der Waals surface area contributed by atoms with Crippen molar-refractivity contribution in [1.82, 2.24) is 0 Å². The number of benzene rings is 2. The molecule has 0 atom stereocenters. The molecule has 1 aromatic heterocycles. The van der Waals surface area contributed by atoms with E-state index in [-0.39, 0.29) is 5.78 Å². The molecule has 100 valence electrons. The summed E-state index contributed by atoms with van der Waals surface area (Å²) in [5.74, 6) is 0.792. The Hall–Kier alpha value is -2.07. The molecule has 0 fully saturated rings. The third kappa shape index (κ3) is 2.23. The molecule has 4 heteroatoms. The van der Waals surface area contributed by atoms with Crippen LogP contribution in [-0.4, -0.2) is 12.9 Å². The molecule has 0 saturated heterocycles. The fourth-order valence-electron chi connectivity index (χ4n) is 2.05. The lowest BCUT2D eigenvalue weighted by atomic mass is 10.1. The van der Waals surface area contributed by atoms with Crippen LogP contribution in [0, 0.1) is 0 Å². The summed E-state index contributed by atoms with van der Waals surface area (Å²) >= 11 is 3.35. The lowest BCUT2D eigenvalue weighted by Gasteiger charge is -1.99. The van der Waals surface area contributed by atoms with Crippen molar-refractivity contribution in [3.63, 3.8) is 0 Å².